The Morgan fingerprint density at radius 1 is 1.20 bits per heavy atom. The van der Waals surface area contributed by atoms with Gasteiger partial charge in [0.25, 0.3) is 0 Å². The second-order valence-corrected chi connectivity index (χ2v) is 15.4. The van der Waals surface area contributed by atoms with E-state index in [1.165, 1.54) is 0 Å². The van der Waals surface area contributed by atoms with Crippen molar-refractivity contribution < 1.29 is 8.30 Å². The third-order valence-electron chi connectivity index (χ3n) is 0. The van der Waals surface area contributed by atoms with Crippen LogP contribution in [0.4, 0.5) is 0 Å². The Balaban J connectivity index is 3.02. The zero-order valence-corrected chi connectivity index (χ0v) is 6.82. The van der Waals surface area contributed by atoms with Crippen LogP contribution in [0.25, 0.3) is 0 Å². The van der Waals surface area contributed by atoms with E-state index in [1.807, 2.05) is 0 Å². The van der Waals surface area contributed by atoms with Crippen LogP contribution >= 0.6 is 44.4 Å². The molecule has 0 saturated carbocycles. The maximum atomic E-state index is 5.10. The van der Waals surface area contributed by atoms with Gasteiger partial charge in [-0.2, -0.15) is 0 Å². The van der Waals surface area contributed by atoms with Crippen molar-refractivity contribution in [2.75, 3.05) is 0 Å². The fourth-order valence-electron chi connectivity index (χ4n) is 0. The summed E-state index contributed by atoms with van der Waals surface area (Å²) in [7, 11) is 13.0. The van der Waals surface area contributed by atoms with Gasteiger partial charge in [-0.05, 0) is 0 Å². The maximum absolute atomic E-state index is 5.10. The molecule has 37 valence electrons. The Kier molecular flexibility index (Phi) is 3.09. The predicted octanol–water partition coefficient (Wildman–Crippen LogP) is 2.91. The molecule has 0 rings (SSSR count). The molecule has 0 aromatic carbocycles. The van der Waals surface area contributed by atoms with Gasteiger partial charge >= 0.3 is 52.7 Å². The average molecular weight is 242 g/mol. The molecule has 0 aliphatic heterocycles. The summed E-state index contributed by atoms with van der Waals surface area (Å²) in [5.74, 6) is 0. The zero-order valence-electron chi connectivity index (χ0n) is 1.87. The molecule has 0 heterocycles. The van der Waals surface area contributed by atoms with Crippen molar-refractivity contribution >= 4 is 44.4 Å². The van der Waals surface area contributed by atoms with Gasteiger partial charge in [-0.3, -0.25) is 0 Å². The van der Waals surface area contributed by atoms with E-state index in [1.54, 1.807) is 0 Å². The monoisotopic (exact) mass is 240 g/mol. The second kappa shape index (κ2) is 2.25. The van der Waals surface area contributed by atoms with E-state index in [4.69, 9.17) is 30.3 Å². The second-order valence-electron chi connectivity index (χ2n) is 0.303. The normalized spacial score (nSPS) is 15.2. The van der Waals surface area contributed by atoms with Gasteiger partial charge in [-0.25, -0.2) is 0 Å². The van der Waals surface area contributed by atoms with Gasteiger partial charge in [0.2, 0.25) is 0 Å². The van der Waals surface area contributed by atoms with Crippen LogP contribution < -0.4 is 0 Å². The molecule has 0 aliphatic carbocycles. The summed E-state index contributed by atoms with van der Waals surface area (Å²) in [5.41, 5.74) is 0. The molecule has 5 heteroatoms. The summed E-state index contributed by atoms with van der Waals surface area (Å²) in [4.78, 5) is 0. The molecule has 0 bridgehead atoms. The number of halogens is 4. The minimum absolute atomic E-state index is 2.27. The summed E-state index contributed by atoms with van der Waals surface area (Å²) >= 11 is 2.80. The fraction of sp³-hybridized carbons (Fsp3) is 0. The van der Waals surface area contributed by atoms with Crippen LogP contribution in [-0.4, -0.2) is 0 Å². The van der Waals surface area contributed by atoms with Gasteiger partial charge in [0.15, 0.2) is 0 Å². The quantitative estimate of drug-likeness (QED) is 0.573. The van der Waals surface area contributed by atoms with Gasteiger partial charge in [-0.1, -0.05) is 0 Å². The molecule has 0 saturated heterocycles. The molecule has 0 spiro atoms. The Hall–Kier alpha value is 1.87. The molecule has 0 aliphatic rings. The first-order valence-electron chi connectivity index (χ1n) is 0.535. The molecule has 0 fully saturated rings. The van der Waals surface area contributed by atoms with Crippen molar-refractivity contribution in [1.82, 2.24) is 0 Å². The Bertz CT molecular complexity index is 22.4. The molecule has 0 nitrogen and oxygen atoms in total. The van der Waals surface area contributed by atoms with E-state index < -0.39 is 8.30 Å². The molecule has 5 heavy (non-hydrogen) atoms. The molecular formula is BrCl3Fe-. The van der Waals surface area contributed by atoms with Crippen LogP contribution in [-0.2, 0) is 8.30 Å². The van der Waals surface area contributed by atoms with Crippen LogP contribution in [0.1, 0.15) is 0 Å². The first kappa shape index (κ1) is 6.87. The van der Waals surface area contributed by atoms with Gasteiger partial charge in [-0.15, -0.1) is 0 Å². The van der Waals surface area contributed by atoms with Gasteiger partial charge in [0.05, 0.1) is 0 Å². The van der Waals surface area contributed by atoms with E-state index >= 15 is 0 Å². The van der Waals surface area contributed by atoms with E-state index in [2.05, 4.69) is 14.1 Å². The third kappa shape index (κ3) is 25.1. The summed E-state index contributed by atoms with van der Waals surface area (Å²) in [6.45, 7) is 0. The van der Waals surface area contributed by atoms with Gasteiger partial charge in [0.1, 0.15) is 0 Å². The van der Waals surface area contributed by atoms with Crippen LogP contribution in [0, 0.1) is 0 Å². The molecule has 0 atom stereocenters. The molecule has 0 amide bonds. The van der Waals surface area contributed by atoms with Crippen molar-refractivity contribution in [1.29, 1.82) is 0 Å². The zero-order chi connectivity index (χ0) is 4.50. The fourth-order valence-corrected chi connectivity index (χ4v) is 0. The molecule has 0 N–H and O–H groups in total. The number of hydrogen-bond acceptors (Lipinski definition) is 0. The summed E-state index contributed by atoms with van der Waals surface area (Å²) in [6, 6.07) is 0. The van der Waals surface area contributed by atoms with E-state index in [0.29, 0.717) is 0 Å². The first-order chi connectivity index (χ1) is 2.00. The summed E-state index contributed by atoms with van der Waals surface area (Å²) in [5, 5.41) is 0. The van der Waals surface area contributed by atoms with Crippen molar-refractivity contribution in [3.63, 3.8) is 0 Å². The third-order valence-corrected chi connectivity index (χ3v) is 0. The minimum atomic E-state index is -2.27. The van der Waals surface area contributed by atoms with Crippen LogP contribution in [0.2, 0.25) is 0 Å². The molecule has 0 aromatic heterocycles. The molecule has 0 aromatic rings. The summed E-state index contributed by atoms with van der Waals surface area (Å²) in [6.07, 6.45) is 0. The molecular weight excluding hydrogens is 242 g/mol. The van der Waals surface area contributed by atoms with Gasteiger partial charge in [0, 0.05) is 0 Å². The average Bonchev–Trinajstić information content (AvgIpc) is 0.722. The standard InChI is InChI=1S/BrH.3ClH.Fe/h4*1H;/q;;;;+3/p-4. The first-order valence-corrected chi connectivity index (χ1v) is 7.82. The van der Waals surface area contributed by atoms with Crippen molar-refractivity contribution in [2.24, 2.45) is 0 Å². The predicted molar refractivity (Wildman–Crippen MR) is 26.5 cm³/mol. The van der Waals surface area contributed by atoms with E-state index in [0.717, 1.165) is 0 Å². The van der Waals surface area contributed by atoms with Crippen LogP contribution in [0.3, 0.4) is 0 Å². The Morgan fingerprint density at radius 3 is 1.20 bits per heavy atom. The molecule has 0 unspecified atom stereocenters. The molecule has 0 radical (unpaired) electrons. The number of rotatable bonds is 0. The Labute approximate surface area is 52.4 Å². The van der Waals surface area contributed by atoms with Crippen molar-refractivity contribution in [2.45, 2.75) is 0 Å². The van der Waals surface area contributed by atoms with Crippen LogP contribution in [0.15, 0.2) is 0 Å². The topological polar surface area (TPSA) is 0 Å². The van der Waals surface area contributed by atoms with Crippen molar-refractivity contribution in [3.8, 4) is 0 Å². The van der Waals surface area contributed by atoms with E-state index in [9.17, 15) is 0 Å². The Morgan fingerprint density at radius 2 is 1.20 bits per heavy atom. The van der Waals surface area contributed by atoms with Gasteiger partial charge < -0.3 is 0 Å². The van der Waals surface area contributed by atoms with E-state index in [-0.39, 0.29) is 0 Å². The van der Waals surface area contributed by atoms with Crippen molar-refractivity contribution in [3.05, 3.63) is 0 Å². The van der Waals surface area contributed by atoms with Crippen LogP contribution in [0.5, 0.6) is 0 Å². The summed E-state index contributed by atoms with van der Waals surface area (Å²) < 4.78 is 0. The SMILES string of the molecule is [Cl][Fe-]([Cl])([Cl])[Br]. The number of hydrogen-bond donors (Lipinski definition) is 0.